The zero-order valence-electron chi connectivity index (χ0n) is 23.7. The molecule has 2 bridgehead atoms. The van der Waals surface area contributed by atoms with Crippen LogP contribution in [-0.4, -0.2) is 93.8 Å². The minimum absolute atomic E-state index is 0.0449. The average molecular weight is 533 g/mol. The SMILES string of the molecule is CCCCCc1nc(Nc2ccc(C(=O)N3CC4CCC(C3)C4N(C)C)cn2)nc2[nH]c(C(=O)N(C)C)cc12. The second-order valence-corrected chi connectivity index (χ2v) is 11.4. The van der Waals surface area contributed by atoms with E-state index < -0.39 is 0 Å². The summed E-state index contributed by atoms with van der Waals surface area (Å²) >= 11 is 0. The van der Waals surface area contributed by atoms with Gasteiger partial charge >= 0.3 is 0 Å². The van der Waals surface area contributed by atoms with E-state index in [9.17, 15) is 9.59 Å². The van der Waals surface area contributed by atoms with Gasteiger partial charge in [-0.3, -0.25) is 9.59 Å². The number of hydrogen-bond donors (Lipinski definition) is 2. The Kier molecular flexibility index (Phi) is 7.83. The number of rotatable bonds is 9. The highest BCUT2D eigenvalue weighted by molar-refractivity contribution is 5.97. The summed E-state index contributed by atoms with van der Waals surface area (Å²) in [6.07, 6.45) is 8.03. The second kappa shape index (κ2) is 11.3. The van der Waals surface area contributed by atoms with Crippen molar-refractivity contribution in [3.05, 3.63) is 41.3 Å². The average Bonchev–Trinajstić information content (AvgIpc) is 3.46. The lowest BCUT2D eigenvalue weighted by Crippen LogP contribution is -2.52. The Morgan fingerprint density at radius 2 is 1.82 bits per heavy atom. The number of aryl methyl sites for hydroxylation is 1. The number of carbonyl (C=O) groups is 2. The lowest BCUT2D eigenvalue weighted by molar-refractivity contribution is 0.0487. The molecule has 2 N–H and O–H groups in total. The molecule has 2 amide bonds. The maximum atomic E-state index is 13.3. The van der Waals surface area contributed by atoms with E-state index in [1.165, 1.54) is 17.7 Å². The minimum Gasteiger partial charge on any atom is -0.344 e. The quantitative estimate of drug-likeness (QED) is 0.402. The summed E-state index contributed by atoms with van der Waals surface area (Å²) in [6.45, 7) is 3.78. The lowest BCUT2D eigenvalue weighted by atomic mass is 9.91. The van der Waals surface area contributed by atoms with Crippen LogP contribution in [0.2, 0.25) is 0 Å². The molecule has 10 nitrogen and oxygen atoms in total. The Bertz CT molecular complexity index is 1320. The highest BCUT2D eigenvalue weighted by Gasteiger charge is 2.44. The van der Waals surface area contributed by atoms with E-state index in [2.05, 4.69) is 46.2 Å². The summed E-state index contributed by atoms with van der Waals surface area (Å²) in [4.78, 5) is 48.8. The van der Waals surface area contributed by atoms with Gasteiger partial charge in [-0.05, 0) is 69.8 Å². The lowest BCUT2D eigenvalue weighted by Gasteiger charge is -2.41. The van der Waals surface area contributed by atoms with Crippen LogP contribution in [0.1, 0.15) is 65.6 Å². The van der Waals surface area contributed by atoms with Crippen molar-refractivity contribution in [2.24, 2.45) is 11.8 Å². The molecule has 2 atom stereocenters. The topological polar surface area (TPSA) is 110 Å². The van der Waals surface area contributed by atoms with Crippen LogP contribution in [0.3, 0.4) is 0 Å². The molecule has 0 aromatic carbocycles. The molecule has 39 heavy (non-hydrogen) atoms. The fraction of sp³-hybridized carbons (Fsp3) is 0.552. The van der Waals surface area contributed by atoms with Crippen LogP contribution in [0.25, 0.3) is 11.0 Å². The number of hydrogen-bond acceptors (Lipinski definition) is 7. The molecule has 4 heterocycles. The van der Waals surface area contributed by atoms with E-state index >= 15 is 0 Å². The van der Waals surface area contributed by atoms with E-state index in [1.54, 1.807) is 26.4 Å². The van der Waals surface area contributed by atoms with Gasteiger partial charge < -0.3 is 25.0 Å². The molecule has 3 aromatic heterocycles. The van der Waals surface area contributed by atoms with Crippen LogP contribution >= 0.6 is 0 Å². The Morgan fingerprint density at radius 3 is 2.44 bits per heavy atom. The summed E-state index contributed by atoms with van der Waals surface area (Å²) in [5.41, 5.74) is 2.60. The van der Waals surface area contributed by atoms with Crippen molar-refractivity contribution in [3.8, 4) is 0 Å². The normalized spacial score (nSPS) is 20.6. The smallest absolute Gasteiger partial charge is 0.269 e. The molecule has 5 rings (SSSR count). The molecule has 3 aromatic rings. The first-order valence-electron chi connectivity index (χ1n) is 14.0. The van der Waals surface area contributed by atoms with Gasteiger partial charge in [0.2, 0.25) is 5.95 Å². The summed E-state index contributed by atoms with van der Waals surface area (Å²) in [5, 5.41) is 4.06. The van der Waals surface area contributed by atoms with Gasteiger partial charge in [0.1, 0.15) is 17.2 Å². The predicted octanol–water partition coefficient (Wildman–Crippen LogP) is 3.94. The summed E-state index contributed by atoms with van der Waals surface area (Å²) in [6, 6.07) is 6.03. The van der Waals surface area contributed by atoms with Gasteiger partial charge in [-0.1, -0.05) is 19.8 Å². The third-order valence-corrected chi connectivity index (χ3v) is 8.14. The number of H-pyrrole nitrogens is 1. The number of nitrogens with one attached hydrogen (secondary N) is 2. The third-order valence-electron chi connectivity index (χ3n) is 8.14. The van der Waals surface area contributed by atoms with Gasteiger partial charge in [-0.2, -0.15) is 4.98 Å². The van der Waals surface area contributed by atoms with Crippen LogP contribution in [0, 0.1) is 11.8 Å². The van der Waals surface area contributed by atoms with Crippen LogP contribution in [0.5, 0.6) is 0 Å². The van der Waals surface area contributed by atoms with Crippen molar-refractivity contribution in [1.82, 2.24) is 34.6 Å². The first kappa shape index (κ1) is 27.1. The Hall–Kier alpha value is -3.53. The van der Waals surface area contributed by atoms with Crippen molar-refractivity contribution in [3.63, 3.8) is 0 Å². The van der Waals surface area contributed by atoms with E-state index in [0.29, 0.717) is 46.5 Å². The number of nitrogens with zero attached hydrogens (tertiary/aromatic N) is 6. The number of aromatic amines is 1. The molecule has 1 saturated carbocycles. The molecule has 2 fully saturated rings. The molecule has 0 spiro atoms. The van der Waals surface area contributed by atoms with E-state index in [-0.39, 0.29) is 11.8 Å². The fourth-order valence-corrected chi connectivity index (χ4v) is 6.31. The molecule has 10 heteroatoms. The molecule has 1 saturated heterocycles. The van der Waals surface area contributed by atoms with Crippen molar-refractivity contribution < 1.29 is 9.59 Å². The number of likely N-dealkylation sites (tertiary alicyclic amines) is 1. The molecule has 0 radical (unpaired) electrons. The predicted molar refractivity (Wildman–Crippen MR) is 152 cm³/mol. The molecule has 1 aliphatic carbocycles. The largest absolute Gasteiger partial charge is 0.344 e. The summed E-state index contributed by atoms with van der Waals surface area (Å²) in [5.74, 6) is 1.99. The third kappa shape index (κ3) is 5.61. The first-order chi connectivity index (χ1) is 18.7. The van der Waals surface area contributed by atoms with Crippen LogP contribution in [0.4, 0.5) is 11.8 Å². The van der Waals surface area contributed by atoms with E-state index in [1.807, 2.05) is 17.0 Å². The zero-order chi connectivity index (χ0) is 27.7. The highest BCUT2D eigenvalue weighted by Crippen LogP contribution is 2.39. The Balaban J connectivity index is 1.32. The first-order valence-corrected chi connectivity index (χ1v) is 14.0. The van der Waals surface area contributed by atoms with Gasteiger partial charge in [0.05, 0.1) is 11.3 Å². The van der Waals surface area contributed by atoms with Crippen molar-refractivity contribution in [2.75, 3.05) is 46.6 Å². The fourth-order valence-electron chi connectivity index (χ4n) is 6.31. The number of carbonyl (C=O) groups excluding carboxylic acids is 2. The Morgan fingerprint density at radius 1 is 1.08 bits per heavy atom. The maximum Gasteiger partial charge on any atom is 0.269 e. The van der Waals surface area contributed by atoms with Gasteiger partial charge in [0.25, 0.3) is 11.8 Å². The molecular formula is C29H40N8O2. The van der Waals surface area contributed by atoms with Gasteiger partial charge in [-0.25, -0.2) is 9.97 Å². The molecule has 1 aliphatic heterocycles. The Labute approximate surface area is 230 Å². The molecular weight excluding hydrogens is 492 g/mol. The van der Waals surface area contributed by atoms with E-state index in [0.717, 1.165) is 49.9 Å². The second-order valence-electron chi connectivity index (χ2n) is 11.4. The standard InChI is InChI=1S/C29H40N8O2/c1-6-7-8-9-22-21-14-23(28(39)36(4)5)31-26(21)34-29(32-22)33-24-13-12-18(15-30-24)27(38)37-16-19-10-11-20(17-37)25(19)35(2)3/h12-15,19-20,25H,6-11,16-17H2,1-5H3,(H2,30,31,32,33,34). The zero-order valence-corrected chi connectivity index (χ0v) is 23.7. The van der Waals surface area contributed by atoms with Crippen molar-refractivity contribution in [1.29, 1.82) is 0 Å². The molecule has 2 unspecified atom stereocenters. The summed E-state index contributed by atoms with van der Waals surface area (Å²) < 4.78 is 0. The van der Waals surface area contributed by atoms with Crippen molar-refractivity contribution in [2.45, 2.75) is 51.5 Å². The highest BCUT2D eigenvalue weighted by atomic mass is 16.2. The molecule has 208 valence electrons. The van der Waals surface area contributed by atoms with Crippen LogP contribution in [0.15, 0.2) is 24.4 Å². The minimum atomic E-state index is -0.108. The number of piperidine rings is 1. The molecule has 2 aliphatic rings. The van der Waals surface area contributed by atoms with Gasteiger partial charge in [0.15, 0.2) is 0 Å². The van der Waals surface area contributed by atoms with Gasteiger partial charge in [-0.15, -0.1) is 0 Å². The summed E-state index contributed by atoms with van der Waals surface area (Å²) in [7, 11) is 7.75. The van der Waals surface area contributed by atoms with Crippen LogP contribution in [-0.2, 0) is 6.42 Å². The maximum absolute atomic E-state index is 13.3. The number of unbranched alkanes of at least 4 members (excludes halogenated alkanes) is 2. The monoisotopic (exact) mass is 532 g/mol. The number of fused-ring (bicyclic) bond motifs is 3. The van der Waals surface area contributed by atoms with Gasteiger partial charge in [0, 0.05) is 44.8 Å². The number of anilines is 2. The van der Waals surface area contributed by atoms with Crippen LogP contribution < -0.4 is 5.32 Å². The number of aromatic nitrogens is 4. The number of pyridine rings is 1. The van der Waals surface area contributed by atoms with E-state index in [4.69, 9.17) is 4.98 Å². The van der Waals surface area contributed by atoms with Crippen molar-refractivity contribution >= 4 is 34.6 Å². The number of amides is 2.